The van der Waals surface area contributed by atoms with Crippen LogP contribution >= 0.6 is 23.2 Å². The Bertz CT molecular complexity index is 807. The van der Waals surface area contributed by atoms with Gasteiger partial charge in [-0.2, -0.15) is 13.2 Å². The maximum Gasteiger partial charge on any atom is 0.417 e. The van der Waals surface area contributed by atoms with Crippen molar-refractivity contribution in [1.29, 1.82) is 0 Å². The Morgan fingerprint density at radius 3 is 2.38 bits per heavy atom. The molecule has 0 atom stereocenters. The molecule has 8 heteroatoms. The van der Waals surface area contributed by atoms with E-state index in [2.05, 4.69) is 0 Å². The fourth-order valence-corrected chi connectivity index (χ4v) is 2.60. The molecule has 0 aliphatic heterocycles. The van der Waals surface area contributed by atoms with Crippen LogP contribution < -0.4 is 4.90 Å². The number of amides is 1. The van der Waals surface area contributed by atoms with Crippen LogP contribution in [0, 0.1) is 6.92 Å². The number of carbonyl (C=O) groups is 1. The molecular formula is C16H12Cl2F3NO2. The molecule has 0 saturated heterocycles. The van der Waals surface area contributed by atoms with Crippen LogP contribution in [0.1, 0.15) is 21.5 Å². The summed E-state index contributed by atoms with van der Waals surface area (Å²) < 4.78 is 39.2. The second kappa shape index (κ2) is 6.53. The molecule has 1 amide bonds. The van der Waals surface area contributed by atoms with Gasteiger partial charge in [0.25, 0.3) is 5.91 Å². The summed E-state index contributed by atoms with van der Waals surface area (Å²) in [4.78, 5) is 13.4. The highest BCUT2D eigenvalue weighted by molar-refractivity contribution is 6.37. The molecule has 1 N–H and O–H groups in total. The first-order chi connectivity index (χ1) is 11.1. The highest BCUT2D eigenvalue weighted by Gasteiger charge is 2.36. The van der Waals surface area contributed by atoms with Gasteiger partial charge in [-0.3, -0.25) is 4.79 Å². The number of hydrogen-bond donors (Lipinski definition) is 1. The van der Waals surface area contributed by atoms with Gasteiger partial charge in [0.2, 0.25) is 0 Å². The van der Waals surface area contributed by atoms with E-state index in [1.54, 1.807) is 6.92 Å². The van der Waals surface area contributed by atoms with Gasteiger partial charge < -0.3 is 10.0 Å². The van der Waals surface area contributed by atoms with Crippen LogP contribution in [0.5, 0.6) is 5.75 Å². The molecule has 0 bridgehead atoms. The minimum absolute atomic E-state index is 0.0683. The number of benzene rings is 2. The van der Waals surface area contributed by atoms with Crippen molar-refractivity contribution in [3.8, 4) is 5.75 Å². The van der Waals surface area contributed by atoms with Crippen molar-refractivity contribution in [3.05, 3.63) is 57.1 Å². The number of aromatic hydroxyl groups is 1. The molecule has 0 unspecified atom stereocenters. The maximum atomic E-state index is 13.1. The molecule has 3 nitrogen and oxygen atoms in total. The molecule has 0 aliphatic carbocycles. The number of phenols is 1. The lowest BCUT2D eigenvalue weighted by molar-refractivity contribution is -0.137. The topological polar surface area (TPSA) is 40.5 Å². The number of anilines is 1. The summed E-state index contributed by atoms with van der Waals surface area (Å²) >= 11 is 11.9. The van der Waals surface area contributed by atoms with Crippen LogP contribution in [0.25, 0.3) is 0 Å². The smallest absolute Gasteiger partial charge is 0.417 e. The Labute approximate surface area is 146 Å². The van der Waals surface area contributed by atoms with E-state index in [4.69, 9.17) is 23.2 Å². The van der Waals surface area contributed by atoms with E-state index in [9.17, 15) is 23.1 Å². The van der Waals surface area contributed by atoms with E-state index in [0.29, 0.717) is 5.56 Å². The van der Waals surface area contributed by atoms with Crippen LogP contribution in [0.4, 0.5) is 18.9 Å². The number of hydrogen-bond acceptors (Lipinski definition) is 2. The standard InChI is InChI=1S/C16H12Cl2F3NO2/c1-8-11(17)7-12(14(23)13(8)18)22(2)15(24)9-5-3-4-6-10(9)16(19,20)21/h3-7,23H,1-2H3. The summed E-state index contributed by atoms with van der Waals surface area (Å²) in [6, 6.07) is 5.67. The number of phenolic OH excluding ortho intramolecular Hbond substituents is 1. The van der Waals surface area contributed by atoms with Gasteiger partial charge in [0, 0.05) is 12.1 Å². The zero-order chi connectivity index (χ0) is 18.2. The second-order valence-corrected chi connectivity index (χ2v) is 5.86. The van der Waals surface area contributed by atoms with E-state index in [1.165, 1.54) is 25.2 Å². The molecule has 2 rings (SSSR count). The Kier molecular flexibility index (Phi) is 5.01. The molecule has 0 aliphatic rings. The fourth-order valence-electron chi connectivity index (χ4n) is 2.15. The minimum Gasteiger partial charge on any atom is -0.504 e. The van der Waals surface area contributed by atoms with Crippen LogP contribution in [0.3, 0.4) is 0 Å². The third-order valence-electron chi connectivity index (χ3n) is 3.53. The second-order valence-electron chi connectivity index (χ2n) is 5.07. The number of nitrogens with zero attached hydrogens (tertiary/aromatic N) is 1. The van der Waals surface area contributed by atoms with Gasteiger partial charge in [-0.1, -0.05) is 35.3 Å². The highest BCUT2D eigenvalue weighted by atomic mass is 35.5. The van der Waals surface area contributed by atoms with Crippen molar-refractivity contribution >= 4 is 34.8 Å². The molecule has 0 spiro atoms. The van der Waals surface area contributed by atoms with Gasteiger partial charge in [-0.15, -0.1) is 0 Å². The lowest BCUT2D eigenvalue weighted by Gasteiger charge is -2.22. The normalized spacial score (nSPS) is 11.5. The summed E-state index contributed by atoms with van der Waals surface area (Å²) in [5.41, 5.74) is -1.29. The first kappa shape index (κ1) is 18.4. The predicted octanol–water partition coefficient (Wildman–Crippen LogP) is 5.30. The van der Waals surface area contributed by atoms with E-state index in [0.717, 1.165) is 17.0 Å². The molecule has 0 saturated carbocycles. The molecule has 0 fully saturated rings. The van der Waals surface area contributed by atoms with E-state index in [1.807, 2.05) is 0 Å². The highest BCUT2D eigenvalue weighted by Crippen LogP contribution is 2.41. The van der Waals surface area contributed by atoms with Crippen molar-refractivity contribution in [2.45, 2.75) is 13.1 Å². The van der Waals surface area contributed by atoms with Crippen molar-refractivity contribution in [2.24, 2.45) is 0 Å². The molecule has 0 aromatic heterocycles. The van der Waals surface area contributed by atoms with Crippen molar-refractivity contribution in [2.75, 3.05) is 11.9 Å². The van der Waals surface area contributed by atoms with Gasteiger partial charge in [0.15, 0.2) is 5.75 Å². The number of rotatable bonds is 2. The van der Waals surface area contributed by atoms with Gasteiger partial charge >= 0.3 is 6.18 Å². The molecule has 128 valence electrons. The van der Waals surface area contributed by atoms with Crippen LogP contribution in [0.15, 0.2) is 30.3 Å². The summed E-state index contributed by atoms with van der Waals surface area (Å²) in [6.45, 7) is 1.56. The third kappa shape index (κ3) is 3.30. The zero-order valence-electron chi connectivity index (χ0n) is 12.6. The van der Waals surface area contributed by atoms with E-state index >= 15 is 0 Å². The first-order valence-corrected chi connectivity index (χ1v) is 7.43. The summed E-state index contributed by atoms with van der Waals surface area (Å²) in [6.07, 6.45) is -4.68. The summed E-state index contributed by atoms with van der Waals surface area (Å²) in [5, 5.41) is 10.2. The number of carbonyl (C=O) groups excluding carboxylic acids is 1. The average molecular weight is 378 g/mol. The minimum atomic E-state index is -4.68. The Hall–Kier alpha value is -1.92. The SMILES string of the molecule is Cc1c(Cl)cc(N(C)C(=O)c2ccccc2C(F)(F)F)c(O)c1Cl. The van der Waals surface area contributed by atoms with E-state index < -0.39 is 29.0 Å². The van der Waals surface area contributed by atoms with Gasteiger partial charge in [-0.25, -0.2) is 0 Å². The lowest BCUT2D eigenvalue weighted by atomic mass is 10.1. The van der Waals surface area contributed by atoms with Crippen LogP contribution in [-0.2, 0) is 6.18 Å². The van der Waals surface area contributed by atoms with Gasteiger partial charge in [0.05, 0.1) is 21.8 Å². The van der Waals surface area contributed by atoms with E-state index in [-0.39, 0.29) is 15.7 Å². The van der Waals surface area contributed by atoms with Gasteiger partial charge in [0.1, 0.15) is 0 Å². The molecule has 2 aromatic carbocycles. The monoisotopic (exact) mass is 377 g/mol. The Morgan fingerprint density at radius 2 is 1.79 bits per heavy atom. The summed E-state index contributed by atoms with van der Waals surface area (Å²) in [5.74, 6) is -1.38. The quantitative estimate of drug-likeness (QED) is 0.770. The summed E-state index contributed by atoms with van der Waals surface area (Å²) in [7, 11) is 1.23. The lowest BCUT2D eigenvalue weighted by Crippen LogP contribution is -2.28. The maximum absolute atomic E-state index is 13.1. The fraction of sp³-hybridized carbons (Fsp3) is 0.188. The number of alkyl halides is 3. The van der Waals surface area contributed by atoms with Gasteiger partial charge in [-0.05, 0) is 30.7 Å². The Morgan fingerprint density at radius 1 is 1.21 bits per heavy atom. The van der Waals surface area contributed by atoms with Crippen molar-refractivity contribution in [3.63, 3.8) is 0 Å². The largest absolute Gasteiger partial charge is 0.504 e. The molecule has 24 heavy (non-hydrogen) atoms. The van der Waals surface area contributed by atoms with Crippen LogP contribution in [0.2, 0.25) is 10.0 Å². The van der Waals surface area contributed by atoms with Crippen molar-refractivity contribution in [1.82, 2.24) is 0 Å². The first-order valence-electron chi connectivity index (χ1n) is 6.67. The molecule has 0 radical (unpaired) electrons. The van der Waals surface area contributed by atoms with Crippen molar-refractivity contribution < 1.29 is 23.1 Å². The molecule has 0 heterocycles. The molecular weight excluding hydrogens is 366 g/mol. The third-order valence-corrected chi connectivity index (χ3v) is 4.39. The molecule has 2 aromatic rings. The zero-order valence-corrected chi connectivity index (χ0v) is 14.1. The number of halogens is 5. The predicted molar refractivity (Wildman–Crippen MR) is 87.0 cm³/mol. The van der Waals surface area contributed by atoms with Crippen LogP contribution in [-0.4, -0.2) is 18.1 Å². The average Bonchev–Trinajstić information content (AvgIpc) is 2.54. The Balaban J connectivity index is 2.53.